The topological polar surface area (TPSA) is 40.5 Å². The zero-order valence-electron chi connectivity index (χ0n) is 8.12. The van der Waals surface area contributed by atoms with E-state index in [-0.39, 0.29) is 11.5 Å². The van der Waals surface area contributed by atoms with Crippen LogP contribution in [0.4, 0.5) is 0 Å². The van der Waals surface area contributed by atoms with Gasteiger partial charge in [-0.25, -0.2) is 0 Å². The minimum atomic E-state index is 0.195. The van der Waals surface area contributed by atoms with Crippen molar-refractivity contribution in [3.8, 4) is 11.5 Å². The Morgan fingerprint density at radius 3 is 2.15 bits per heavy atom. The van der Waals surface area contributed by atoms with Crippen molar-refractivity contribution >= 4 is 0 Å². The van der Waals surface area contributed by atoms with E-state index in [1.807, 2.05) is 0 Å². The molecule has 0 aliphatic rings. The van der Waals surface area contributed by atoms with Crippen LogP contribution in [-0.4, -0.2) is 10.2 Å². The Morgan fingerprint density at radius 1 is 1.15 bits per heavy atom. The van der Waals surface area contributed by atoms with Gasteiger partial charge in [0.25, 0.3) is 0 Å². The van der Waals surface area contributed by atoms with E-state index >= 15 is 0 Å². The van der Waals surface area contributed by atoms with Gasteiger partial charge in [-0.2, -0.15) is 0 Å². The van der Waals surface area contributed by atoms with Crippen LogP contribution in [0.3, 0.4) is 0 Å². The summed E-state index contributed by atoms with van der Waals surface area (Å²) in [5.74, 6) is 0.973. The third-order valence-electron chi connectivity index (χ3n) is 2.10. The minimum absolute atomic E-state index is 0.195. The Kier molecular flexibility index (Phi) is 3.18. The summed E-state index contributed by atoms with van der Waals surface area (Å²) in [5, 5.41) is 18.9. The van der Waals surface area contributed by atoms with Gasteiger partial charge in [0, 0.05) is 5.56 Å². The molecule has 0 saturated heterocycles. The van der Waals surface area contributed by atoms with Crippen LogP contribution in [-0.2, 0) is 6.42 Å². The molecule has 1 aromatic rings. The Bertz CT molecular complexity index is 259. The van der Waals surface area contributed by atoms with Crippen molar-refractivity contribution in [1.82, 2.24) is 0 Å². The van der Waals surface area contributed by atoms with Crippen LogP contribution in [0, 0.1) is 5.92 Å². The van der Waals surface area contributed by atoms with E-state index in [2.05, 4.69) is 13.8 Å². The summed E-state index contributed by atoms with van der Waals surface area (Å²) in [6, 6.07) is 4.86. The van der Waals surface area contributed by atoms with Crippen molar-refractivity contribution in [2.75, 3.05) is 0 Å². The average molecular weight is 180 g/mol. The first kappa shape index (κ1) is 9.90. The predicted molar refractivity (Wildman–Crippen MR) is 52.9 cm³/mol. The van der Waals surface area contributed by atoms with Crippen molar-refractivity contribution in [2.24, 2.45) is 5.92 Å². The van der Waals surface area contributed by atoms with Gasteiger partial charge in [-0.1, -0.05) is 19.9 Å². The summed E-state index contributed by atoms with van der Waals surface area (Å²) in [6.45, 7) is 4.24. The summed E-state index contributed by atoms with van der Waals surface area (Å²) in [5.41, 5.74) is 0.663. The van der Waals surface area contributed by atoms with E-state index < -0.39 is 0 Å². The molecule has 0 spiro atoms. The molecule has 0 aromatic heterocycles. The van der Waals surface area contributed by atoms with Crippen LogP contribution in [0.15, 0.2) is 18.2 Å². The lowest BCUT2D eigenvalue weighted by Crippen LogP contribution is -1.92. The quantitative estimate of drug-likeness (QED) is 0.750. The highest BCUT2D eigenvalue weighted by atomic mass is 16.3. The first-order valence-corrected chi connectivity index (χ1v) is 4.61. The van der Waals surface area contributed by atoms with Crippen LogP contribution in [0.25, 0.3) is 0 Å². The summed E-state index contributed by atoms with van der Waals surface area (Å²) in [7, 11) is 0. The maximum Gasteiger partial charge on any atom is 0.122 e. The molecule has 0 fully saturated rings. The number of rotatable bonds is 3. The second kappa shape index (κ2) is 4.17. The summed E-state index contributed by atoms with van der Waals surface area (Å²) < 4.78 is 0. The zero-order valence-corrected chi connectivity index (χ0v) is 8.12. The number of aromatic hydroxyl groups is 2. The lowest BCUT2D eigenvalue weighted by molar-refractivity contribution is 0.432. The van der Waals surface area contributed by atoms with Gasteiger partial charge < -0.3 is 10.2 Å². The van der Waals surface area contributed by atoms with E-state index in [9.17, 15) is 10.2 Å². The van der Waals surface area contributed by atoms with E-state index in [1.54, 1.807) is 18.2 Å². The van der Waals surface area contributed by atoms with Gasteiger partial charge >= 0.3 is 0 Å². The lowest BCUT2D eigenvalue weighted by atomic mass is 10.0. The summed E-state index contributed by atoms with van der Waals surface area (Å²) in [6.07, 6.45) is 1.71. The Balaban J connectivity index is 2.75. The molecule has 13 heavy (non-hydrogen) atoms. The van der Waals surface area contributed by atoms with E-state index in [4.69, 9.17) is 0 Å². The van der Waals surface area contributed by atoms with Crippen LogP contribution in [0.2, 0.25) is 0 Å². The van der Waals surface area contributed by atoms with E-state index in [1.165, 1.54) is 0 Å². The first-order valence-electron chi connectivity index (χ1n) is 4.61. The van der Waals surface area contributed by atoms with Gasteiger partial charge in [0.15, 0.2) is 0 Å². The fraction of sp³-hybridized carbons (Fsp3) is 0.455. The van der Waals surface area contributed by atoms with Gasteiger partial charge in [-0.3, -0.25) is 0 Å². The van der Waals surface area contributed by atoms with E-state index in [0.717, 1.165) is 12.8 Å². The van der Waals surface area contributed by atoms with Crippen molar-refractivity contribution in [1.29, 1.82) is 0 Å². The van der Waals surface area contributed by atoms with E-state index in [0.29, 0.717) is 11.5 Å². The fourth-order valence-electron chi connectivity index (χ4n) is 1.25. The standard InChI is InChI=1S/C11H16O2/c1-8(2)6-7-9-10(12)4-3-5-11(9)13/h3-5,8,12-13H,6-7H2,1-2H3. The molecule has 0 aliphatic heterocycles. The van der Waals surface area contributed by atoms with Crippen LogP contribution in [0.1, 0.15) is 25.8 Å². The number of benzene rings is 1. The number of phenols is 2. The third-order valence-corrected chi connectivity index (χ3v) is 2.10. The zero-order chi connectivity index (χ0) is 9.84. The Morgan fingerprint density at radius 2 is 1.69 bits per heavy atom. The van der Waals surface area contributed by atoms with Crippen LogP contribution < -0.4 is 0 Å². The maximum absolute atomic E-state index is 9.44. The molecule has 0 atom stereocenters. The highest BCUT2D eigenvalue weighted by Gasteiger charge is 2.06. The molecule has 0 amide bonds. The first-order chi connectivity index (χ1) is 6.11. The Hall–Kier alpha value is -1.18. The van der Waals surface area contributed by atoms with Crippen LogP contribution >= 0.6 is 0 Å². The Labute approximate surface area is 78.8 Å². The number of hydrogen-bond acceptors (Lipinski definition) is 2. The SMILES string of the molecule is CC(C)CCc1c(O)cccc1O. The number of hydrogen-bond donors (Lipinski definition) is 2. The highest BCUT2D eigenvalue weighted by molar-refractivity contribution is 5.42. The van der Waals surface area contributed by atoms with Crippen molar-refractivity contribution in [2.45, 2.75) is 26.7 Å². The second-order valence-electron chi connectivity index (χ2n) is 3.71. The van der Waals surface area contributed by atoms with Crippen molar-refractivity contribution in [3.63, 3.8) is 0 Å². The molecule has 0 bridgehead atoms. The van der Waals surface area contributed by atoms with Crippen molar-refractivity contribution in [3.05, 3.63) is 23.8 Å². The van der Waals surface area contributed by atoms with Crippen LogP contribution in [0.5, 0.6) is 11.5 Å². The molecule has 0 saturated carbocycles. The van der Waals surface area contributed by atoms with Gasteiger partial charge in [-0.15, -0.1) is 0 Å². The smallest absolute Gasteiger partial charge is 0.122 e. The maximum atomic E-state index is 9.44. The molecular weight excluding hydrogens is 164 g/mol. The average Bonchev–Trinajstić information content (AvgIpc) is 2.03. The second-order valence-corrected chi connectivity index (χ2v) is 3.71. The molecule has 2 N–H and O–H groups in total. The third kappa shape index (κ3) is 2.65. The minimum Gasteiger partial charge on any atom is -0.508 e. The van der Waals surface area contributed by atoms with Gasteiger partial charge in [0.05, 0.1) is 0 Å². The molecule has 0 unspecified atom stereocenters. The van der Waals surface area contributed by atoms with Gasteiger partial charge in [0.1, 0.15) is 11.5 Å². The molecule has 2 nitrogen and oxygen atoms in total. The summed E-state index contributed by atoms with van der Waals surface area (Å²) in [4.78, 5) is 0. The molecule has 2 heteroatoms. The molecule has 1 aromatic carbocycles. The number of phenolic OH excluding ortho intramolecular Hbond substituents is 2. The lowest BCUT2D eigenvalue weighted by Gasteiger charge is -2.08. The monoisotopic (exact) mass is 180 g/mol. The van der Waals surface area contributed by atoms with Gasteiger partial charge in [-0.05, 0) is 30.9 Å². The molecule has 0 aliphatic carbocycles. The summed E-state index contributed by atoms with van der Waals surface area (Å²) >= 11 is 0. The predicted octanol–water partition coefficient (Wildman–Crippen LogP) is 2.69. The fourth-order valence-corrected chi connectivity index (χ4v) is 1.25. The van der Waals surface area contributed by atoms with Gasteiger partial charge in [0.2, 0.25) is 0 Å². The molecule has 1 rings (SSSR count). The molecule has 0 heterocycles. The highest BCUT2D eigenvalue weighted by Crippen LogP contribution is 2.28. The largest absolute Gasteiger partial charge is 0.508 e. The molecule has 72 valence electrons. The normalized spacial score (nSPS) is 10.7. The van der Waals surface area contributed by atoms with Crippen molar-refractivity contribution < 1.29 is 10.2 Å². The molecular formula is C11H16O2. The molecule has 0 radical (unpaired) electrons.